The van der Waals surface area contributed by atoms with E-state index in [1.165, 1.54) is 0 Å². The molecule has 0 aliphatic carbocycles. The molecule has 1 atom stereocenters. The molecule has 6 heteroatoms. The molecule has 0 saturated heterocycles. The van der Waals surface area contributed by atoms with Crippen LogP contribution < -0.4 is 5.32 Å². The molecule has 0 aliphatic rings. The van der Waals surface area contributed by atoms with Gasteiger partial charge >= 0.3 is 11.9 Å². The van der Waals surface area contributed by atoms with Crippen LogP contribution in [-0.4, -0.2) is 28.2 Å². The van der Waals surface area contributed by atoms with Gasteiger partial charge in [-0.1, -0.05) is 29.8 Å². The zero-order chi connectivity index (χ0) is 12.8. The van der Waals surface area contributed by atoms with Crippen molar-refractivity contribution in [3.63, 3.8) is 0 Å². The number of benzene rings is 1. The molecular formula is C11H12ClNO4. The highest BCUT2D eigenvalue weighted by Crippen LogP contribution is 2.14. The topological polar surface area (TPSA) is 86.6 Å². The maximum absolute atomic E-state index is 10.8. The Morgan fingerprint density at radius 1 is 1.29 bits per heavy atom. The fourth-order valence-electron chi connectivity index (χ4n) is 1.30. The molecule has 1 aromatic rings. The van der Waals surface area contributed by atoms with E-state index in [0.29, 0.717) is 5.02 Å². The van der Waals surface area contributed by atoms with Gasteiger partial charge in [0.2, 0.25) is 0 Å². The predicted octanol–water partition coefficient (Wildman–Crippen LogP) is 1.36. The molecule has 0 unspecified atom stereocenters. The van der Waals surface area contributed by atoms with Crippen LogP contribution in [0.5, 0.6) is 0 Å². The van der Waals surface area contributed by atoms with Gasteiger partial charge in [-0.3, -0.25) is 14.9 Å². The summed E-state index contributed by atoms with van der Waals surface area (Å²) in [5, 5.41) is 20.5. The molecule has 0 bridgehead atoms. The van der Waals surface area contributed by atoms with Crippen LogP contribution in [0.1, 0.15) is 12.0 Å². The van der Waals surface area contributed by atoms with Crippen molar-refractivity contribution in [3.8, 4) is 0 Å². The van der Waals surface area contributed by atoms with E-state index in [2.05, 4.69) is 5.32 Å². The molecule has 0 radical (unpaired) electrons. The van der Waals surface area contributed by atoms with Gasteiger partial charge in [0, 0.05) is 11.6 Å². The molecule has 17 heavy (non-hydrogen) atoms. The number of rotatable bonds is 6. The average Bonchev–Trinajstić information content (AvgIpc) is 2.25. The smallest absolute Gasteiger partial charge is 0.321 e. The Hall–Kier alpha value is -1.59. The predicted molar refractivity (Wildman–Crippen MR) is 62.0 cm³/mol. The summed E-state index contributed by atoms with van der Waals surface area (Å²) in [7, 11) is 0. The van der Waals surface area contributed by atoms with Crippen molar-refractivity contribution in [2.45, 2.75) is 19.0 Å². The third kappa shape index (κ3) is 4.42. The van der Waals surface area contributed by atoms with E-state index in [0.717, 1.165) is 5.56 Å². The standard InChI is InChI=1S/C11H12ClNO4/c12-8-4-2-1-3-7(8)6-13-9(11(16)17)5-10(14)15/h1-4,9,13H,5-6H2,(H,14,15)(H,16,17)/t9-/m0/s1. The van der Waals surface area contributed by atoms with Crippen molar-refractivity contribution < 1.29 is 19.8 Å². The van der Waals surface area contributed by atoms with Crippen molar-refractivity contribution in [2.24, 2.45) is 0 Å². The van der Waals surface area contributed by atoms with Crippen LogP contribution in [0.25, 0.3) is 0 Å². The van der Waals surface area contributed by atoms with Crippen LogP contribution in [0.3, 0.4) is 0 Å². The Morgan fingerprint density at radius 3 is 2.47 bits per heavy atom. The number of hydrogen-bond acceptors (Lipinski definition) is 3. The zero-order valence-electron chi connectivity index (χ0n) is 8.89. The molecule has 92 valence electrons. The summed E-state index contributed by atoms with van der Waals surface area (Å²) in [6.07, 6.45) is -0.472. The number of hydrogen-bond donors (Lipinski definition) is 3. The highest BCUT2D eigenvalue weighted by Gasteiger charge is 2.20. The summed E-state index contributed by atoms with van der Waals surface area (Å²) < 4.78 is 0. The minimum Gasteiger partial charge on any atom is -0.481 e. The van der Waals surface area contributed by atoms with Crippen LogP contribution in [0.4, 0.5) is 0 Å². The molecule has 0 spiro atoms. The van der Waals surface area contributed by atoms with Crippen LogP contribution in [0.15, 0.2) is 24.3 Å². The Balaban J connectivity index is 2.61. The summed E-state index contributed by atoms with van der Waals surface area (Å²) in [6.45, 7) is 0.212. The van der Waals surface area contributed by atoms with Crippen molar-refractivity contribution in [1.29, 1.82) is 0 Å². The second kappa shape index (κ2) is 6.22. The Morgan fingerprint density at radius 2 is 1.94 bits per heavy atom. The summed E-state index contributed by atoms with van der Waals surface area (Å²) in [5.74, 6) is -2.36. The molecule has 0 heterocycles. The number of halogens is 1. The lowest BCUT2D eigenvalue weighted by molar-refractivity contribution is -0.146. The number of nitrogens with one attached hydrogen (secondary N) is 1. The van der Waals surface area contributed by atoms with E-state index in [9.17, 15) is 9.59 Å². The minimum absolute atomic E-state index is 0.212. The van der Waals surface area contributed by atoms with E-state index in [4.69, 9.17) is 21.8 Å². The molecule has 3 N–H and O–H groups in total. The summed E-state index contributed by atoms with van der Waals surface area (Å²) in [4.78, 5) is 21.2. The van der Waals surface area contributed by atoms with Gasteiger partial charge in [-0.15, -0.1) is 0 Å². The lowest BCUT2D eigenvalue weighted by Gasteiger charge is -2.12. The van der Waals surface area contributed by atoms with Gasteiger partial charge in [0.15, 0.2) is 0 Å². The highest BCUT2D eigenvalue weighted by molar-refractivity contribution is 6.31. The van der Waals surface area contributed by atoms with Crippen LogP contribution in [0, 0.1) is 0 Å². The molecule has 1 rings (SSSR count). The molecule has 0 aromatic heterocycles. The normalized spacial score (nSPS) is 12.1. The van der Waals surface area contributed by atoms with Gasteiger partial charge in [0.25, 0.3) is 0 Å². The summed E-state index contributed by atoms with van der Waals surface area (Å²) in [6, 6.07) is 5.84. The number of carboxylic acids is 2. The van der Waals surface area contributed by atoms with Gasteiger partial charge in [0.05, 0.1) is 6.42 Å². The first kappa shape index (κ1) is 13.5. The molecule has 5 nitrogen and oxygen atoms in total. The Bertz CT molecular complexity index is 422. The maximum Gasteiger partial charge on any atom is 0.321 e. The van der Waals surface area contributed by atoms with Gasteiger partial charge in [-0.2, -0.15) is 0 Å². The van der Waals surface area contributed by atoms with E-state index >= 15 is 0 Å². The highest BCUT2D eigenvalue weighted by atomic mass is 35.5. The lowest BCUT2D eigenvalue weighted by atomic mass is 10.1. The number of carboxylic acid groups (broad SMARTS) is 2. The largest absolute Gasteiger partial charge is 0.481 e. The first-order valence-electron chi connectivity index (χ1n) is 4.92. The fourth-order valence-corrected chi connectivity index (χ4v) is 1.50. The maximum atomic E-state index is 10.8. The van der Waals surface area contributed by atoms with E-state index < -0.39 is 24.4 Å². The van der Waals surface area contributed by atoms with E-state index in [1.807, 2.05) is 0 Å². The summed E-state index contributed by atoms with van der Waals surface area (Å²) >= 11 is 5.89. The second-order valence-corrected chi connectivity index (χ2v) is 3.87. The van der Waals surface area contributed by atoms with E-state index in [-0.39, 0.29) is 6.54 Å². The van der Waals surface area contributed by atoms with Crippen LogP contribution in [-0.2, 0) is 16.1 Å². The number of aliphatic carboxylic acids is 2. The molecule has 0 fully saturated rings. The molecule has 0 aliphatic heterocycles. The van der Waals surface area contributed by atoms with E-state index in [1.54, 1.807) is 24.3 Å². The quantitative estimate of drug-likeness (QED) is 0.716. The molecular weight excluding hydrogens is 246 g/mol. The third-order valence-corrected chi connectivity index (χ3v) is 2.54. The van der Waals surface area contributed by atoms with Crippen molar-refractivity contribution in [2.75, 3.05) is 0 Å². The first-order valence-corrected chi connectivity index (χ1v) is 5.30. The van der Waals surface area contributed by atoms with Gasteiger partial charge in [-0.05, 0) is 11.6 Å². The van der Waals surface area contributed by atoms with Crippen LogP contribution >= 0.6 is 11.6 Å². The molecule has 0 saturated carbocycles. The monoisotopic (exact) mass is 257 g/mol. The first-order chi connectivity index (χ1) is 8.00. The van der Waals surface area contributed by atoms with Gasteiger partial charge < -0.3 is 10.2 Å². The lowest BCUT2D eigenvalue weighted by Crippen LogP contribution is -2.38. The second-order valence-electron chi connectivity index (χ2n) is 3.46. The molecule has 0 amide bonds. The Kier molecular flexibility index (Phi) is 4.93. The van der Waals surface area contributed by atoms with Crippen LogP contribution in [0.2, 0.25) is 5.02 Å². The van der Waals surface area contributed by atoms with Crippen molar-refractivity contribution >= 4 is 23.5 Å². The van der Waals surface area contributed by atoms with Crippen molar-refractivity contribution in [3.05, 3.63) is 34.9 Å². The van der Waals surface area contributed by atoms with Crippen molar-refractivity contribution in [1.82, 2.24) is 5.32 Å². The summed E-state index contributed by atoms with van der Waals surface area (Å²) in [5.41, 5.74) is 0.728. The zero-order valence-corrected chi connectivity index (χ0v) is 9.65. The third-order valence-electron chi connectivity index (χ3n) is 2.17. The Labute approximate surface area is 103 Å². The SMILES string of the molecule is O=C(O)C[C@H](NCc1ccccc1Cl)C(=O)O. The molecule has 1 aromatic carbocycles. The number of carbonyl (C=O) groups is 2. The minimum atomic E-state index is -1.19. The fraction of sp³-hybridized carbons (Fsp3) is 0.273. The van der Waals surface area contributed by atoms with Gasteiger partial charge in [-0.25, -0.2) is 0 Å². The average molecular weight is 258 g/mol. The van der Waals surface area contributed by atoms with Gasteiger partial charge in [0.1, 0.15) is 6.04 Å².